The predicted molar refractivity (Wildman–Crippen MR) is 57.6 cm³/mol. The lowest BCUT2D eigenvalue weighted by molar-refractivity contribution is -0.136. The number of nitrogens with two attached hydrogens (primary N) is 2. The van der Waals surface area contributed by atoms with Gasteiger partial charge in [-0.05, 0) is 6.07 Å². The first-order valence-corrected chi connectivity index (χ1v) is 4.50. The Labute approximate surface area is 88.3 Å². The summed E-state index contributed by atoms with van der Waals surface area (Å²) in [5, 5.41) is 17.5. The molecule has 0 saturated carbocycles. The topological polar surface area (TPSA) is 110 Å². The fourth-order valence-corrected chi connectivity index (χ4v) is 0.823. The van der Waals surface area contributed by atoms with Gasteiger partial charge < -0.3 is 21.7 Å². The molecule has 0 bridgehead atoms. The third kappa shape index (κ3) is 6.48. The van der Waals surface area contributed by atoms with Gasteiger partial charge >= 0.3 is 5.97 Å². The smallest absolute Gasteiger partial charge is 0.307 e. The number of aromatic hydroxyl groups is 1. The van der Waals surface area contributed by atoms with E-state index < -0.39 is 5.97 Å². The van der Waals surface area contributed by atoms with Crippen LogP contribution in [0.4, 0.5) is 0 Å². The molecular weight excluding hydrogens is 196 g/mol. The second-order valence-corrected chi connectivity index (χ2v) is 2.78. The molecule has 5 heteroatoms. The van der Waals surface area contributed by atoms with Gasteiger partial charge in [-0.1, -0.05) is 18.2 Å². The zero-order valence-electron chi connectivity index (χ0n) is 8.39. The van der Waals surface area contributed by atoms with Crippen LogP contribution in [0.3, 0.4) is 0 Å². The van der Waals surface area contributed by atoms with Crippen LogP contribution in [0.1, 0.15) is 5.56 Å². The van der Waals surface area contributed by atoms with E-state index in [-0.39, 0.29) is 12.2 Å². The van der Waals surface area contributed by atoms with E-state index in [0.29, 0.717) is 18.7 Å². The summed E-state index contributed by atoms with van der Waals surface area (Å²) in [7, 11) is 0. The number of phenols is 1. The molecule has 0 atom stereocenters. The lowest BCUT2D eigenvalue weighted by atomic mass is 10.1. The van der Waals surface area contributed by atoms with Gasteiger partial charge in [-0.3, -0.25) is 4.79 Å². The molecule has 0 aliphatic heterocycles. The van der Waals surface area contributed by atoms with Crippen molar-refractivity contribution in [1.29, 1.82) is 0 Å². The number of hydrogen-bond donors (Lipinski definition) is 4. The van der Waals surface area contributed by atoms with Crippen molar-refractivity contribution in [2.45, 2.75) is 6.42 Å². The number of carboxylic acids is 1. The number of hydrogen-bond acceptors (Lipinski definition) is 4. The van der Waals surface area contributed by atoms with E-state index in [1.165, 1.54) is 6.07 Å². The normalized spacial score (nSPS) is 8.93. The lowest BCUT2D eigenvalue weighted by Gasteiger charge is -1.98. The molecule has 0 radical (unpaired) electrons. The third-order valence-electron chi connectivity index (χ3n) is 1.50. The van der Waals surface area contributed by atoms with Crippen LogP contribution in [0, 0.1) is 0 Å². The van der Waals surface area contributed by atoms with Crippen molar-refractivity contribution < 1.29 is 15.0 Å². The van der Waals surface area contributed by atoms with E-state index in [2.05, 4.69) is 0 Å². The summed E-state index contributed by atoms with van der Waals surface area (Å²) in [5.74, 6) is -0.901. The molecule has 0 aliphatic rings. The second kappa shape index (κ2) is 7.78. The number of carboxylic acid groups (broad SMARTS) is 1. The van der Waals surface area contributed by atoms with E-state index in [4.69, 9.17) is 21.7 Å². The Morgan fingerprint density at radius 1 is 1.20 bits per heavy atom. The quantitative estimate of drug-likeness (QED) is 0.560. The summed E-state index contributed by atoms with van der Waals surface area (Å²) in [4.78, 5) is 10.2. The summed E-state index contributed by atoms with van der Waals surface area (Å²) in [6.45, 7) is 1.19. The van der Waals surface area contributed by atoms with Crippen molar-refractivity contribution >= 4 is 5.97 Å². The summed E-state index contributed by atoms with van der Waals surface area (Å²) < 4.78 is 0. The maximum atomic E-state index is 10.2. The molecule has 84 valence electrons. The Bertz CT molecular complexity index is 300. The first-order valence-electron chi connectivity index (χ1n) is 4.50. The summed E-state index contributed by atoms with van der Waals surface area (Å²) >= 11 is 0. The van der Waals surface area contributed by atoms with Gasteiger partial charge in [0, 0.05) is 18.7 Å². The first-order chi connectivity index (χ1) is 7.11. The van der Waals surface area contributed by atoms with Crippen LogP contribution in [0.5, 0.6) is 5.75 Å². The zero-order chi connectivity index (χ0) is 11.7. The summed E-state index contributed by atoms with van der Waals surface area (Å²) in [6, 6.07) is 6.40. The minimum absolute atomic E-state index is 0.0369. The van der Waals surface area contributed by atoms with Crippen LogP contribution in [-0.2, 0) is 11.2 Å². The molecule has 0 aliphatic carbocycles. The van der Waals surface area contributed by atoms with E-state index >= 15 is 0 Å². The molecule has 0 amide bonds. The Hall–Kier alpha value is -1.59. The fraction of sp³-hybridized carbons (Fsp3) is 0.300. The molecule has 0 fully saturated rings. The van der Waals surface area contributed by atoms with Gasteiger partial charge in [0.05, 0.1) is 6.42 Å². The monoisotopic (exact) mass is 212 g/mol. The lowest BCUT2D eigenvalue weighted by Crippen LogP contribution is -2.11. The van der Waals surface area contributed by atoms with Crippen molar-refractivity contribution in [3.05, 3.63) is 29.8 Å². The number of carbonyl (C=O) groups is 1. The van der Waals surface area contributed by atoms with Gasteiger partial charge in [-0.2, -0.15) is 0 Å². The first kappa shape index (κ1) is 13.4. The molecule has 0 saturated heterocycles. The average Bonchev–Trinajstić information content (AvgIpc) is 2.21. The molecule has 1 aromatic rings. The predicted octanol–water partition coefficient (Wildman–Crippen LogP) is -0.0769. The Morgan fingerprint density at radius 3 is 2.13 bits per heavy atom. The van der Waals surface area contributed by atoms with Crippen LogP contribution in [-0.4, -0.2) is 29.3 Å². The standard InChI is InChI=1S/C8H8O3.C2H8N2/c9-7-4-2-1-3-6(7)5-8(10)11;3-1-2-4/h1-4,9H,5H2,(H,10,11);1-4H2. The van der Waals surface area contributed by atoms with Gasteiger partial charge in [0.25, 0.3) is 0 Å². The molecule has 6 N–H and O–H groups in total. The maximum absolute atomic E-state index is 10.2. The van der Waals surface area contributed by atoms with Crippen molar-refractivity contribution in [3.63, 3.8) is 0 Å². The van der Waals surface area contributed by atoms with Gasteiger partial charge in [-0.15, -0.1) is 0 Å². The van der Waals surface area contributed by atoms with Crippen LogP contribution >= 0.6 is 0 Å². The van der Waals surface area contributed by atoms with E-state index in [0.717, 1.165) is 0 Å². The van der Waals surface area contributed by atoms with E-state index in [1.54, 1.807) is 18.2 Å². The molecule has 0 aromatic heterocycles. The number of rotatable bonds is 3. The number of benzene rings is 1. The van der Waals surface area contributed by atoms with Gasteiger partial charge in [0.15, 0.2) is 0 Å². The van der Waals surface area contributed by atoms with Crippen LogP contribution in [0.15, 0.2) is 24.3 Å². The van der Waals surface area contributed by atoms with Crippen LogP contribution < -0.4 is 11.5 Å². The van der Waals surface area contributed by atoms with E-state index in [9.17, 15) is 4.79 Å². The number of aliphatic carboxylic acids is 1. The van der Waals surface area contributed by atoms with Gasteiger partial charge in [0.1, 0.15) is 5.75 Å². The second-order valence-electron chi connectivity index (χ2n) is 2.78. The highest BCUT2D eigenvalue weighted by atomic mass is 16.4. The SMILES string of the molecule is NCCN.O=C(O)Cc1ccccc1O. The Morgan fingerprint density at radius 2 is 1.73 bits per heavy atom. The molecule has 1 rings (SSSR count). The molecule has 15 heavy (non-hydrogen) atoms. The molecule has 0 spiro atoms. The molecule has 5 nitrogen and oxygen atoms in total. The van der Waals surface area contributed by atoms with E-state index in [1.807, 2.05) is 0 Å². The maximum Gasteiger partial charge on any atom is 0.307 e. The van der Waals surface area contributed by atoms with Crippen molar-refractivity contribution in [1.82, 2.24) is 0 Å². The summed E-state index contributed by atoms with van der Waals surface area (Å²) in [5.41, 5.74) is 10.2. The molecular formula is C10H16N2O3. The van der Waals surface area contributed by atoms with Crippen LogP contribution in [0.2, 0.25) is 0 Å². The minimum atomic E-state index is -0.938. The highest BCUT2D eigenvalue weighted by Gasteiger charge is 2.03. The van der Waals surface area contributed by atoms with Crippen molar-refractivity contribution in [2.75, 3.05) is 13.1 Å². The number of phenolic OH excluding ortho intramolecular Hbond substituents is 1. The fourth-order valence-electron chi connectivity index (χ4n) is 0.823. The zero-order valence-corrected chi connectivity index (χ0v) is 8.39. The molecule has 1 aromatic carbocycles. The molecule has 0 unspecified atom stereocenters. The largest absolute Gasteiger partial charge is 0.508 e. The minimum Gasteiger partial charge on any atom is -0.508 e. The molecule has 0 heterocycles. The third-order valence-corrected chi connectivity index (χ3v) is 1.50. The Balaban J connectivity index is 0.000000423. The Kier molecular flexibility index (Phi) is 6.96. The highest BCUT2D eigenvalue weighted by molar-refractivity contribution is 5.71. The average molecular weight is 212 g/mol. The van der Waals surface area contributed by atoms with Gasteiger partial charge in [-0.25, -0.2) is 0 Å². The highest BCUT2D eigenvalue weighted by Crippen LogP contribution is 2.15. The van der Waals surface area contributed by atoms with Gasteiger partial charge in [0.2, 0.25) is 0 Å². The summed E-state index contributed by atoms with van der Waals surface area (Å²) in [6.07, 6.45) is -0.132. The van der Waals surface area contributed by atoms with Crippen molar-refractivity contribution in [2.24, 2.45) is 11.5 Å². The van der Waals surface area contributed by atoms with Crippen molar-refractivity contribution in [3.8, 4) is 5.75 Å². The number of para-hydroxylation sites is 1. The van der Waals surface area contributed by atoms with Crippen LogP contribution in [0.25, 0.3) is 0 Å².